The lowest BCUT2D eigenvalue weighted by Crippen LogP contribution is -2.49. The van der Waals surface area contributed by atoms with Gasteiger partial charge >= 0.3 is 0 Å². The Kier molecular flexibility index (Phi) is 5.35. The van der Waals surface area contributed by atoms with Crippen LogP contribution >= 0.6 is 0 Å². The summed E-state index contributed by atoms with van der Waals surface area (Å²) in [6, 6.07) is 9.38. The molecule has 0 aliphatic carbocycles. The Balaban J connectivity index is 2.79. The molecule has 0 amide bonds. The highest BCUT2D eigenvalue weighted by Gasteiger charge is 2.31. The molecule has 1 aromatic carbocycles. The molecule has 0 unspecified atom stereocenters. The van der Waals surface area contributed by atoms with E-state index in [2.05, 4.69) is 103 Å². The average molecular weight is 355 g/mol. The maximum absolute atomic E-state index is 2.46. The second-order valence-electron chi connectivity index (χ2n) is 9.83. The number of hydrogen-bond donors (Lipinski definition) is 0. The van der Waals surface area contributed by atoms with E-state index in [4.69, 9.17) is 0 Å². The van der Waals surface area contributed by atoms with Crippen LogP contribution in [0.4, 0.5) is 0 Å². The van der Waals surface area contributed by atoms with Crippen LogP contribution in [-0.4, -0.2) is 8.07 Å². The van der Waals surface area contributed by atoms with Crippen LogP contribution in [-0.2, 0) is 12.5 Å². The molecule has 0 bridgehead atoms. The number of aromatic nitrogens is 1. The predicted molar refractivity (Wildman–Crippen MR) is 114 cm³/mol. The fraction of sp³-hybridized carbons (Fsp3) is 0.522. The van der Waals surface area contributed by atoms with Gasteiger partial charge in [-0.2, -0.15) is 0 Å². The molecule has 0 saturated heterocycles. The van der Waals surface area contributed by atoms with E-state index >= 15 is 0 Å². The van der Waals surface area contributed by atoms with Crippen LogP contribution < -0.4 is 9.75 Å². The molecular formula is C23H36NSi+. The van der Waals surface area contributed by atoms with E-state index in [0.29, 0.717) is 5.92 Å². The Bertz CT molecular complexity index is 774. The first-order chi connectivity index (χ1) is 11.3. The minimum absolute atomic E-state index is 0.155. The van der Waals surface area contributed by atoms with Crippen molar-refractivity contribution in [2.45, 2.75) is 72.5 Å². The van der Waals surface area contributed by atoms with Crippen molar-refractivity contribution in [3.05, 3.63) is 47.2 Å². The van der Waals surface area contributed by atoms with Gasteiger partial charge in [0.15, 0.2) is 6.20 Å². The minimum Gasteiger partial charge on any atom is -0.201 e. The van der Waals surface area contributed by atoms with Gasteiger partial charge in [0, 0.05) is 16.8 Å². The monoisotopic (exact) mass is 354 g/mol. The molecule has 2 heteroatoms. The zero-order chi connectivity index (χ0) is 19.2. The Morgan fingerprint density at radius 3 is 2.08 bits per heavy atom. The summed E-state index contributed by atoms with van der Waals surface area (Å²) in [6.45, 7) is 21.1. The van der Waals surface area contributed by atoms with E-state index in [1.54, 1.807) is 5.19 Å². The molecular weight excluding hydrogens is 318 g/mol. The highest BCUT2D eigenvalue weighted by molar-refractivity contribution is 6.89. The second kappa shape index (κ2) is 6.72. The average Bonchev–Trinajstić information content (AvgIpc) is 2.45. The van der Waals surface area contributed by atoms with Crippen molar-refractivity contribution in [2.75, 3.05) is 0 Å². The lowest BCUT2D eigenvalue weighted by molar-refractivity contribution is -0.659. The van der Waals surface area contributed by atoms with Crippen molar-refractivity contribution >= 4 is 13.3 Å². The van der Waals surface area contributed by atoms with Crippen molar-refractivity contribution in [1.29, 1.82) is 0 Å². The summed E-state index contributed by atoms with van der Waals surface area (Å²) in [6.07, 6.45) is 2.41. The van der Waals surface area contributed by atoms with E-state index in [9.17, 15) is 0 Å². The summed E-state index contributed by atoms with van der Waals surface area (Å²) in [5, 5.41) is 1.57. The fourth-order valence-corrected chi connectivity index (χ4v) is 5.25. The first kappa shape index (κ1) is 19.9. The van der Waals surface area contributed by atoms with Crippen molar-refractivity contribution in [3.63, 3.8) is 0 Å². The van der Waals surface area contributed by atoms with E-state index in [1.807, 2.05) is 0 Å². The molecule has 0 aliphatic rings. The Morgan fingerprint density at radius 2 is 1.60 bits per heavy atom. The van der Waals surface area contributed by atoms with Gasteiger partial charge in [0.1, 0.15) is 7.05 Å². The number of benzene rings is 1. The highest BCUT2D eigenvalue weighted by atomic mass is 28.3. The maximum Gasteiger partial charge on any atom is 0.212 e. The van der Waals surface area contributed by atoms with E-state index in [-0.39, 0.29) is 5.41 Å². The van der Waals surface area contributed by atoms with Crippen LogP contribution in [0.3, 0.4) is 0 Å². The molecule has 0 N–H and O–H groups in total. The van der Waals surface area contributed by atoms with Crippen LogP contribution in [0.5, 0.6) is 0 Å². The molecule has 0 fully saturated rings. The molecule has 1 heterocycles. The van der Waals surface area contributed by atoms with Gasteiger partial charge in [-0.1, -0.05) is 66.4 Å². The fourth-order valence-electron chi connectivity index (χ4n) is 3.41. The third-order valence-electron chi connectivity index (χ3n) is 5.09. The summed E-state index contributed by atoms with van der Waals surface area (Å²) >= 11 is 0. The Labute approximate surface area is 156 Å². The summed E-state index contributed by atoms with van der Waals surface area (Å²) in [7, 11) is 0.795. The van der Waals surface area contributed by atoms with Crippen molar-refractivity contribution in [1.82, 2.24) is 0 Å². The smallest absolute Gasteiger partial charge is 0.201 e. The standard InChI is InChI=1S/C23H36NSi/c1-16(2)18-12-11-17(3)19(13-18)21-14-20(23(4,5)6)22(15-24(21)7)25(8,9)10/h11-16H,1-10H3/q+1. The molecule has 0 radical (unpaired) electrons. The minimum atomic E-state index is -1.41. The molecule has 136 valence electrons. The number of rotatable bonds is 3. The third-order valence-corrected chi connectivity index (χ3v) is 7.11. The Hall–Kier alpha value is -1.41. The SMILES string of the molecule is Cc1ccc(C(C)C)cc1-c1cc(C(C)(C)C)c([Si](C)(C)C)c[n+]1C. The summed E-state index contributed by atoms with van der Waals surface area (Å²) in [5.41, 5.74) is 7.11. The molecule has 2 rings (SSSR count). The zero-order valence-corrected chi connectivity index (χ0v) is 18.9. The molecule has 0 aliphatic heterocycles. The molecule has 0 spiro atoms. The van der Waals surface area contributed by atoms with Gasteiger partial charge in [0.25, 0.3) is 0 Å². The number of hydrogen-bond acceptors (Lipinski definition) is 0. The van der Waals surface area contributed by atoms with Crippen LogP contribution in [0, 0.1) is 6.92 Å². The summed E-state index contributed by atoms with van der Waals surface area (Å²) in [5.74, 6) is 0.549. The number of aryl methyl sites for hydroxylation is 2. The summed E-state index contributed by atoms with van der Waals surface area (Å²) < 4.78 is 2.34. The predicted octanol–water partition coefficient (Wildman–Crippen LogP) is 5.45. The third kappa shape index (κ3) is 4.23. The van der Waals surface area contributed by atoms with E-state index in [0.717, 1.165) is 0 Å². The van der Waals surface area contributed by atoms with E-state index < -0.39 is 8.07 Å². The molecule has 0 atom stereocenters. The molecule has 0 saturated carbocycles. The van der Waals surface area contributed by atoms with Crippen LogP contribution in [0.25, 0.3) is 11.3 Å². The van der Waals surface area contributed by atoms with Gasteiger partial charge in [-0.05, 0) is 41.0 Å². The van der Waals surface area contributed by atoms with Crippen LogP contribution in [0.15, 0.2) is 30.5 Å². The molecule has 2 aromatic rings. The van der Waals surface area contributed by atoms with Crippen LogP contribution in [0.1, 0.15) is 57.2 Å². The normalized spacial score (nSPS) is 12.8. The summed E-state index contributed by atoms with van der Waals surface area (Å²) in [4.78, 5) is 0. The van der Waals surface area contributed by atoms with Crippen molar-refractivity contribution < 1.29 is 4.57 Å². The van der Waals surface area contributed by atoms with Gasteiger partial charge in [0.2, 0.25) is 5.69 Å². The lowest BCUT2D eigenvalue weighted by Gasteiger charge is -2.28. The molecule has 25 heavy (non-hydrogen) atoms. The Morgan fingerprint density at radius 1 is 1.00 bits per heavy atom. The van der Waals surface area contributed by atoms with Gasteiger partial charge in [-0.3, -0.25) is 0 Å². The number of pyridine rings is 1. The molecule has 1 nitrogen and oxygen atoms in total. The van der Waals surface area contributed by atoms with Crippen molar-refractivity contribution in [2.24, 2.45) is 7.05 Å². The first-order valence-electron chi connectivity index (χ1n) is 9.48. The second-order valence-corrected chi connectivity index (χ2v) is 14.9. The number of nitrogens with zero attached hydrogens (tertiary/aromatic N) is 1. The zero-order valence-electron chi connectivity index (χ0n) is 17.9. The highest BCUT2D eigenvalue weighted by Crippen LogP contribution is 2.29. The topological polar surface area (TPSA) is 3.88 Å². The lowest BCUT2D eigenvalue weighted by atomic mass is 9.86. The molecule has 1 aromatic heterocycles. The van der Waals surface area contributed by atoms with Crippen molar-refractivity contribution in [3.8, 4) is 11.3 Å². The largest absolute Gasteiger partial charge is 0.212 e. The van der Waals surface area contributed by atoms with Gasteiger partial charge in [0.05, 0.1) is 8.07 Å². The van der Waals surface area contributed by atoms with Gasteiger partial charge in [-0.15, -0.1) is 0 Å². The first-order valence-corrected chi connectivity index (χ1v) is 13.0. The quantitative estimate of drug-likeness (QED) is 0.509. The van der Waals surface area contributed by atoms with Crippen LogP contribution in [0.2, 0.25) is 19.6 Å². The van der Waals surface area contributed by atoms with E-state index in [1.165, 1.54) is 27.9 Å². The van der Waals surface area contributed by atoms with Gasteiger partial charge < -0.3 is 0 Å². The van der Waals surface area contributed by atoms with Gasteiger partial charge in [-0.25, -0.2) is 4.57 Å². The maximum atomic E-state index is 2.46.